The first kappa shape index (κ1) is 15.1. The molecule has 0 amide bonds. The second kappa shape index (κ2) is 6.55. The van der Waals surface area contributed by atoms with Crippen LogP contribution < -0.4 is 10.5 Å². The van der Waals surface area contributed by atoms with Crippen LogP contribution in [0.5, 0.6) is 5.75 Å². The van der Waals surface area contributed by atoms with E-state index in [2.05, 4.69) is 6.07 Å². The van der Waals surface area contributed by atoms with Crippen molar-refractivity contribution >= 4 is 5.69 Å². The van der Waals surface area contributed by atoms with E-state index in [0.717, 1.165) is 39.3 Å². The SMILES string of the molecule is COc1ccc(-c2cc(-c3ccc(CO)cc3)ccc2N)cc1. The fourth-order valence-electron chi connectivity index (χ4n) is 2.56. The van der Waals surface area contributed by atoms with Crippen LogP contribution in [0, 0.1) is 0 Å². The number of benzene rings is 3. The first-order valence-corrected chi connectivity index (χ1v) is 7.45. The van der Waals surface area contributed by atoms with E-state index in [-0.39, 0.29) is 6.61 Å². The third-order valence-corrected chi connectivity index (χ3v) is 3.92. The number of rotatable bonds is 4. The number of aliphatic hydroxyl groups is 1. The highest BCUT2D eigenvalue weighted by molar-refractivity contribution is 5.82. The maximum atomic E-state index is 9.14. The molecule has 3 aromatic carbocycles. The Morgan fingerprint density at radius 2 is 1.43 bits per heavy atom. The molecule has 116 valence electrons. The molecular weight excluding hydrogens is 286 g/mol. The summed E-state index contributed by atoms with van der Waals surface area (Å²) in [5.74, 6) is 0.822. The first-order valence-electron chi connectivity index (χ1n) is 7.45. The van der Waals surface area contributed by atoms with Crippen LogP contribution in [0.15, 0.2) is 66.7 Å². The molecule has 0 unspecified atom stereocenters. The van der Waals surface area contributed by atoms with Crippen molar-refractivity contribution in [1.82, 2.24) is 0 Å². The number of ether oxygens (including phenoxy) is 1. The Bertz CT molecular complexity index is 793. The molecule has 0 aromatic heterocycles. The summed E-state index contributed by atoms with van der Waals surface area (Å²) < 4.78 is 5.20. The zero-order valence-electron chi connectivity index (χ0n) is 13.0. The molecule has 23 heavy (non-hydrogen) atoms. The zero-order chi connectivity index (χ0) is 16.2. The van der Waals surface area contributed by atoms with Crippen molar-refractivity contribution in [3.8, 4) is 28.0 Å². The Morgan fingerprint density at radius 3 is 2.04 bits per heavy atom. The molecule has 0 spiro atoms. The maximum Gasteiger partial charge on any atom is 0.118 e. The fraction of sp³-hybridized carbons (Fsp3) is 0.100. The van der Waals surface area contributed by atoms with Crippen LogP contribution in [0.3, 0.4) is 0 Å². The maximum absolute atomic E-state index is 9.14. The van der Waals surface area contributed by atoms with Gasteiger partial charge in [-0.1, -0.05) is 42.5 Å². The van der Waals surface area contributed by atoms with Gasteiger partial charge in [-0.3, -0.25) is 0 Å². The van der Waals surface area contributed by atoms with Crippen molar-refractivity contribution in [1.29, 1.82) is 0 Å². The molecule has 0 saturated carbocycles. The second-order valence-electron chi connectivity index (χ2n) is 5.39. The van der Waals surface area contributed by atoms with Gasteiger partial charge in [0.1, 0.15) is 5.75 Å². The lowest BCUT2D eigenvalue weighted by Crippen LogP contribution is -1.92. The summed E-state index contributed by atoms with van der Waals surface area (Å²) in [7, 11) is 1.65. The largest absolute Gasteiger partial charge is 0.497 e. The van der Waals surface area contributed by atoms with E-state index in [0.29, 0.717) is 0 Å². The standard InChI is InChI=1S/C20H19NO2/c1-23-18-9-6-16(7-10-18)19-12-17(8-11-20(19)21)15-4-2-14(13-22)3-5-15/h2-12,22H,13,21H2,1H3. The Hall–Kier alpha value is -2.78. The molecule has 3 N–H and O–H groups in total. The summed E-state index contributed by atoms with van der Waals surface area (Å²) in [5, 5.41) is 9.14. The minimum absolute atomic E-state index is 0.0547. The summed E-state index contributed by atoms with van der Waals surface area (Å²) in [6, 6.07) is 21.8. The lowest BCUT2D eigenvalue weighted by atomic mass is 9.97. The summed E-state index contributed by atoms with van der Waals surface area (Å²) >= 11 is 0. The van der Waals surface area contributed by atoms with Gasteiger partial charge in [0.25, 0.3) is 0 Å². The van der Waals surface area contributed by atoms with Crippen LogP contribution in [-0.4, -0.2) is 12.2 Å². The van der Waals surface area contributed by atoms with Crippen LogP contribution >= 0.6 is 0 Å². The molecule has 3 rings (SSSR count). The molecule has 0 saturated heterocycles. The normalized spacial score (nSPS) is 10.5. The van der Waals surface area contributed by atoms with Gasteiger partial charge >= 0.3 is 0 Å². The minimum Gasteiger partial charge on any atom is -0.497 e. The minimum atomic E-state index is 0.0547. The quantitative estimate of drug-likeness (QED) is 0.713. The molecule has 0 radical (unpaired) electrons. The third kappa shape index (κ3) is 3.20. The molecule has 0 aliphatic carbocycles. The van der Waals surface area contributed by atoms with E-state index in [1.807, 2.05) is 60.7 Å². The van der Waals surface area contributed by atoms with Crippen molar-refractivity contribution in [3.63, 3.8) is 0 Å². The highest BCUT2D eigenvalue weighted by Gasteiger charge is 2.06. The summed E-state index contributed by atoms with van der Waals surface area (Å²) in [5.41, 5.74) is 12.0. The molecule has 3 aromatic rings. The van der Waals surface area contributed by atoms with Crippen LogP contribution in [0.1, 0.15) is 5.56 Å². The highest BCUT2D eigenvalue weighted by atomic mass is 16.5. The van der Waals surface area contributed by atoms with E-state index < -0.39 is 0 Å². The number of hydrogen-bond donors (Lipinski definition) is 2. The van der Waals surface area contributed by atoms with Crippen molar-refractivity contribution in [2.45, 2.75) is 6.61 Å². The Labute approximate surface area is 136 Å². The van der Waals surface area contributed by atoms with Crippen molar-refractivity contribution in [2.24, 2.45) is 0 Å². The lowest BCUT2D eigenvalue weighted by Gasteiger charge is -2.10. The molecule has 0 atom stereocenters. The number of methoxy groups -OCH3 is 1. The Morgan fingerprint density at radius 1 is 0.826 bits per heavy atom. The van der Waals surface area contributed by atoms with Gasteiger partial charge in [-0.15, -0.1) is 0 Å². The molecule has 3 heteroatoms. The average Bonchev–Trinajstić information content (AvgIpc) is 2.62. The smallest absolute Gasteiger partial charge is 0.118 e. The van der Waals surface area contributed by atoms with Gasteiger partial charge in [-0.2, -0.15) is 0 Å². The molecule has 0 fully saturated rings. The fourth-order valence-corrected chi connectivity index (χ4v) is 2.56. The summed E-state index contributed by atoms with van der Waals surface area (Å²) in [6.07, 6.45) is 0. The number of nitrogens with two attached hydrogens (primary N) is 1. The van der Waals surface area contributed by atoms with Crippen molar-refractivity contribution in [2.75, 3.05) is 12.8 Å². The molecule has 0 bridgehead atoms. The van der Waals surface area contributed by atoms with Crippen LogP contribution in [0.4, 0.5) is 5.69 Å². The highest BCUT2D eigenvalue weighted by Crippen LogP contribution is 2.32. The summed E-state index contributed by atoms with van der Waals surface area (Å²) in [4.78, 5) is 0. The van der Waals surface area contributed by atoms with E-state index in [4.69, 9.17) is 15.6 Å². The van der Waals surface area contributed by atoms with Crippen molar-refractivity contribution in [3.05, 3.63) is 72.3 Å². The van der Waals surface area contributed by atoms with Gasteiger partial charge in [-0.25, -0.2) is 0 Å². The Balaban J connectivity index is 2.00. The topological polar surface area (TPSA) is 55.5 Å². The van der Waals surface area contributed by atoms with Gasteiger partial charge in [0.2, 0.25) is 0 Å². The first-order chi connectivity index (χ1) is 11.2. The van der Waals surface area contributed by atoms with Gasteiger partial charge in [0, 0.05) is 11.3 Å². The van der Waals surface area contributed by atoms with Gasteiger partial charge in [-0.05, 0) is 46.5 Å². The monoisotopic (exact) mass is 305 g/mol. The predicted octanol–water partition coefficient (Wildman–Crippen LogP) is 4.10. The number of hydrogen-bond acceptors (Lipinski definition) is 3. The molecule has 3 nitrogen and oxygen atoms in total. The lowest BCUT2D eigenvalue weighted by molar-refractivity contribution is 0.282. The zero-order valence-corrected chi connectivity index (χ0v) is 13.0. The average molecular weight is 305 g/mol. The Kier molecular flexibility index (Phi) is 4.31. The van der Waals surface area contributed by atoms with Crippen molar-refractivity contribution < 1.29 is 9.84 Å². The molecular formula is C20H19NO2. The van der Waals surface area contributed by atoms with Gasteiger partial charge in [0.15, 0.2) is 0 Å². The third-order valence-electron chi connectivity index (χ3n) is 3.92. The van der Waals surface area contributed by atoms with Gasteiger partial charge < -0.3 is 15.6 Å². The van der Waals surface area contributed by atoms with E-state index in [9.17, 15) is 0 Å². The summed E-state index contributed by atoms with van der Waals surface area (Å²) in [6.45, 7) is 0.0547. The van der Waals surface area contributed by atoms with Crippen LogP contribution in [-0.2, 0) is 6.61 Å². The van der Waals surface area contributed by atoms with Crippen LogP contribution in [0.2, 0.25) is 0 Å². The molecule has 0 aliphatic rings. The predicted molar refractivity (Wildman–Crippen MR) is 94.2 cm³/mol. The number of nitrogen functional groups attached to an aromatic ring is 1. The van der Waals surface area contributed by atoms with E-state index >= 15 is 0 Å². The molecule has 0 heterocycles. The van der Waals surface area contributed by atoms with Gasteiger partial charge in [0.05, 0.1) is 13.7 Å². The van der Waals surface area contributed by atoms with Crippen LogP contribution in [0.25, 0.3) is 22.3 Å². The number of aliphatic hydroxyl groups excluding tert-OH is 1. The second-order valence-corrected chi connectivity index (χ2v) is 5.39. The van der Waals surface area contributed by atoms with E-state index in [1.54, 1.807) is 7.11 Å². The molecule has 0 aliphatic heterocycles. The van der Waals surface area contributed by atoms with E-state index in [1.165, 1.54) is 0 Å². The number of anilines is 1.